The molecular weight excluding hydrogens is 382 g/mol. The first-order valence-corrected chi connectivity index (χ1v) is 10.6. The molecule has 154 valence electrons. The number of phenols is 1. The number of fused-ring (bicyclic) bond motifs is 1. The molecule has 1 aliphatic rings. The van der Waals surface area contributed by atoms with Crippen LogP contribution in [-0.4, -0.2) is 17.2 Å². The number of hydrogen-bond donors (Lipinski definition) is 2. The van der Waals surface area contributed by atoms with Crippen LogP contribution in [0.5, 0.6) is 11.5 Å². The van der Waals surface area contributed by atoms with E-state index < -0.39 is 5.41 Å². The number of methoxy groups -OCH3 is 1. The lowest BCUT2D eigenvalue weighted by atomic mass is 9.67. The number of rotatable bonds is 5. The Morgan fingerprint density at radius 2 is 1.48 bits per heavy atom. The standard InChI is InChI=1S/C28H25NO2/c1-31-26-14-8-6-12-24(26)28(21-10-3-2-4-11-21,22-15-17-23(30)18-16-22)27-19-20-9-5-7-13-25(20)29-27/h2-8,10-12,14-19,29-30H,9,13H2,1H3/t28-/m1/s1. The van der Waals surface area contributed by atoms with Crippen molar-refractivity contribution in [3.63, 3.8) is 0 Å². The van der Waals surface area contributed by atoms with Gasteiger partial charge >= 0.3 is 0 Å². The summed E-state index contributed by atoms with van der Waals surface area (Å²) < 4.78 is 5.87. The zero-order valence-electron chi connectivity index (χ0n) is 17.5. The summed E-state index contributed by atoms with van der Waals surface area (Å²) in [5.41, 5.74) is 6.31. The summed E-state index contributed by atoms with van der Waals surface area (Å²) in [6.45, 7) is 0. The monoisotopic (exact) mass is 407 g/mol. The number of aromatic hydroxyl groups is 1. The molecule has 4 aromatic rings. The van der Waals surface area contributed by atoms with Gasteiger partial charge < -0.3 is 14.8 Å². The first-order valence-electron chi connectivity index (χ1n) is 10.6. The lowest BCUT2D eigenvalue weighted by molar-refractivity contribution is 0.404. The van der Waals surface area contributed by atoms with Crippen molar-refractivity contribution in [1.29, 1.82) is 0 Å². The van der Waals surface area contributed by atoms with E-state index in [4.69, 9.17) is 4.74 Å². The molecule has 3 nitrogen and oxygen atoms in total. The van der Waals surface area contributed by atoms with Crippen molar-refractivity contribution in [2.75, 3.05) is 7.11 Å². The molecule has 5 rings (SSSR count). The topological polar surface area (TPSA) is 45.2 Å². The third kappa shape index (κ3) is 3.14. The van der Waals surface area contributed by atoms with Gasteiger partial charge in [0.25, 0.3) is 0 Å². The Hall–Kier alpha value is -3.72. The predicted octanol–water partition coefficient (Wildman–Crippen LogP) is 5.77. The molecule has 2 N–H and O–H groups in total. The molecule has 1 aliphatic carbocycles. The zero-order valence-corrected chi connectivity index (χ0v) is 17.5. The molecule has 3 aromatic carbocycles. The molecule has 3 heteroatoms. The van der Waals surface area contributed by atoms with E-state index in [2.05, 4.69) is 59.6 Å². The van der Waals surface area contributed by atoms with Gasteiger partial charge in [-0.25, -0.2) is 0 Å². The van der Waals surface area contributed by atoms with E-state index in [1.165, 1.54) is 11.3 Å². The van der Waals surface area contributed by atoms with Crippen LogP contribution in [0, 0.1) is 0 Å². The fourth-order valence-corrected chi connectivity index (χ4v) is 4.81. The van der Waals surface area contributed by atoms with E-state index in [1.54, 1.807) is 19.2 Å². The molecule has 1 atom stereocenters. The SMILES string of the molecule is COc1ccccc1[C@@](c1ccccc1)(c1ccc(O)cc1)c1cc2c([nH]1)CC=CC2. The first-order chi connectivity index (χ1) is 15.2. The number of aromatic nitrogens is 1. The van der Waals surface area contributed by atoms with Crippen molar-refractivity contribution in [2.45, 2.75) is 18.3 Å². The number of aromatic amines is 1. The molecule has 1 heterocycles. The summed E-state index contributed by atoms with van der Waals surface area (Å²) in [6.07, 6.45) is 6.28. The van der Waals surface area contributed by atoms with Gasteiger partial charge in [0.15, 0.2) is 0 Å². The largest absolute Gasteiger partial charge is 0.508 e. The van der Waals surface area contributed by atoms with Crippen molar-refractivity contribution in [3.8, 4) is 11.5 Å². The van der Waals surface area contributed by atoms with E-state index >= 15 is 0 Å². The minimum atomic E-state index is -0.626. The molecule has 0 saturated carbocycles. The van der Waals surface area contributed by atoms with Gasteiger partial charge in [-0.2, -0.15) is 0 Å². The number of hydrogen-bond acceptors (Lipinski definition) is 2. The highest BCUT2D eigenvalue weighted by atomic mass is 16.5. The van der Waals surface area contributed by atoms with Crippen LogP contribution in [0.2, 0.25) is 0 Å². The number of ether oxygens (including phenoxy) is 1. The summed E-state index contributed by atoms with van der Waals surface area (Å²) >= 11 is 0. The number of nitrogens with one attached hydrogen (secondary N) is 1. The Morgan fingerprint density at radius 1 is 0.806 bits per heavy atom. The minimum Gasteiger partial charge on any atom is -0.508 e. The van der Waals surface area contributed by atoms with Crippen LogP contribution in [0.15, 0.2) is 97.1 Å². The third-order valence-corrected chi connectivity index (χ3v) is 6.24. The lowest BCUT2D eigenvalue weighted by Crippen LogP contribution is -2.32. The van der Waals surface area contributed by atoms with E-state index in [-0.39, 0.29) is 5.75 Å². The summed E-state index contributed by atoms with van der Waals surface area (Å²) in [4.78, 5) is 3.77. The average Bonchev–Trinajstić information content (AvgIpc) is 3.26. The van der Waals surface area contributed by atoms with Crippen LogP contribution in [0.3, 0.4) is 0 Å². The van der Waals surface area contributed by atoms with Crippen LogP contribution in [0.1, 0.15) is 33.6 Å². The molecule has 31 heavy (non-hydrogen) atoms. The fraction of sp³-hybridized carbons (Fsp3) is 0.143. The number of para-hydroxylation sites is 1. The quantitative estimate of drug-likeness (QED) is 0.326. The highest BCUT2D eigenvalue weighted by molar-refractivity contribution is 5.63. The molecule has 0 unspecified atom stereocenters. The Labute approximate surface area is 182 Å². The number of allylic oxidation sites excluding steroid dienone is 2. The van der Waals surface area contributed by atoms with E-state index in [0.717, 1.165) is 41.0 Å². The second-order valence-electron chi connectivity index (χ2n) is 7.93. The van der Waals surface area contributed by atoms with Gasteiger partial charge in [-0.1, -0.05) is 72.8 Å². The Balaban J connectivity index is 1.90. The highest BCUT2D eigenvalue weighted by Gasteiger charge is 2.42. The second kappa shape index (κ2) is 7.84. The van der Waals surface area contributed by atoms with E-state index in [9.17, 15) is 5.11 Å². The summed E-state index contributed by atoms with van der Waals surface area (Å²) in [6, 6.07) is 28.5. The zero-order chi connectivity index (χ0) is 21.3. The number of H-pyrrole nitrogens is 1. The maximum atomic E-state index is 10.0. The van der Waals surface area contributed by atoms with Crippen molar-refractivity contribution in [1.82, 2.24) is 4.98 Å². The average molecular weight is 408 g/mol. The van der Waals surface area contributed by atoms with Gasteiger partial charge in [-0.3, -0.25) is 0 Å². The molecule has 0 aliphatic heterocycles. The Kier molecular flexibility index (Phi) is 4.87. The molecule has 1 aromatic heterocycles. The predicted molar refractivity (Wildman–Crippen MR) is 124 cm³/mol. The van der Waals surface area contributed by atoms with Crippen LogP contribution < -0.4 is 4.74 Å². The first kappa shape index (κ1) is 19.3. The lowest BCUT2D eigenvalue weighted by Gasteiger charge is -2.36. The van der Waals surface area contributed by atoms with Gasteiger partial charge in [0.1, 0.15) is 11.5 Å². The molecule has 0 saturated heterocycles. The van der Waals surface area contributed by atoms with Crippen LogP contribution in [0.25, 0.3) is 0 Å². The Bertz CT molecular complexity index is 1200. The molecule has 0 amide bonds. The van der Waals surface area contributed by atoms with Crippen molar-refractivity contribution in [2.24, 2.45) is 0 Å². The summed E-state index contributed by atoms with van der Waals surface area (Å²) in [5, 5.41) is 10.0. The molecule has 0 radical (unpaired) electrons. The van der Waals surface area contributed by atoms with E-state index in [0.29, 0.717) is 0 Å². The van der Waals surface area contributed by atoms with Gasteiger partial charge in [0, 0.05) is 23.4 Å². The number of benzene rings is 3. The molecular formula is C28H25NO2. The molecule has 0 fully saturated rings. The minimum absolute atomic E-state index is 0.251. The third-order valence-electron chi connectivity index (χ3n) is 6.24. The second-order valence-corrected chi connectivity index (χ2v) is 7.93. The maximum Gasteiger partial charge on any atom is 0.123 e. The number of phenolic OH excluding ortho intramolecular Hbond substituents is 1. The smallest absolute Gasteiger partial charge is 0.123 e. The van der Waals surface area contributed by atoms with Crippen molar-refractivity contribution in [3.05, 3.63) is 131 Å². The Morgan fingerprint density at radius 3 is 2.23 bits per heavy atom. The maximum absolute atomic E-state index is 10.0. The van der Waals surface area contributed by atoms with Gasteiger partial charge in [0.05, 0.1) is 12.5 Å². The van der Waals surface area contributed by atoms with Gasteiger partial charge in [-0.15, -0.1) is 0 Å². The summed E-state index contributed by atoms with van der Waals surface area (Å²) in [7, 11) is 1.72. The van der Waals surface area contributed by atoms with Crippen molar-refractivity contribution >= 4 is 0 Å². The van der Waals surface area contributed by atoms with Gasteiger partial charge in [-0.05, 0) is 47.4 Å². The van der Waals surface area contributed by atoms with Gasteiger partial charge in [0.2, 0.25) is 0 Å². The normalized spacial score (nSPS) is 14.6. The van der Waals surface area contributed by atoms with E-state index in [1.807, 2.05) is 30.3 Å². The molecule has 0 spiro atoms. The highest BCUT2D eigenvalue weighted by Crippen LogP contribution is 2.48. The summed E-state index contributed by atoms with van der Waals surface area (Å²) in [5.74, 6) is 1.07. The van der Waals surface area contributed by atoms with Crippen molar-refractivity contribution < 1.29 is 9.84 Å². The van der Waals surface area contributed by atoms with Crippen LogP contribution in [0.4, 0.5) is 0 Å². The molecule has 0 bridgehead atoms. The fourth-order valence-electron chi connectivity index (χ4n) is 4.81. The van der Waals surface area contributed by atoms with Crippen LogP contribution in [-0.2, 0) is 18.3 Å². The van der Waals surface area contributed by atoms with Crippen LogP contribution >= 0.6 is 0 Å².